The van der Waals surface area contributed by atoms with E-state index in [0.717, 1.165) is 0 Å². The van der Waals surface area contributed by atoms with Crippen molar-refractivity contribution in [2.75, 3.05) is 10.6 Å². The third kappa shape index (κ3) is 4.12. The monoisotopic (exact) mass is 340 g/mol. The van der Waals surface area contributed by atoms with Crippen molar-refractivity contribution in [3.8, 4) is 6.07 Å². The number of nitrogens with two attached hydrogens (primary N) is 1. The predicted octanol–water partition coefficient (Wildman–Crippen LogP) is 2.90. The van der Waals surface area contributed by atoms with Crippen molar-refractivity contribution in [1.82, 2.24) is 0 Å². The van der Waals surface area contributed by atoms with Gasteiger partial charge in [0.25, 0.3) is 11.8 Å². The number of para-hydroxylation sites is 2. The summed E-state index contributed by atoms with van der Waals surface area (Å²) in [5, 5.41) is 14.8. The Kier molecular flexibility index (Phi) is 5.55. The van der Waals surface area contributed by atoms with Crippen LogP contribution in [0.5, 0.6) is 0 Å². The summed E-state index contributed by atoms with van der Waals surface area (Å²) < 4.78 is 0. The standard InChI is InChI=1S/C17H13ClN4O2/c18-13-6-2-4-8-15(13)22-17(24)11(9-19)10-21-14-7-3-1-5-12(14)16(20)23/h1-8,10,21H,(H2,20,23)(H,22,24)/b11-10-. The van der Waals surface area contributed by atoms with Gasteiger partial charge in [-0.05, 0) is 24.3 Å². The number of nitriles is 1. The second-order valence-corrected chi connectivity index (χ2v) is 5.07. The van der Waals surface area contributed by atoms with Gasteiger partial charge in [-0.3, -0.25) is 9.59 Å². The highest BCUT2D eigenvalue weighted by molar-refractivity contribution is 6.34. The Morgan fingerprint density at radius 3 is 2.33 bits per heavy atom. The summed E-state index contributed by atoms with van der Waals surface area (Å²) in [5.74, 6) is -1.25. The summed E-state index contributed by atoms with van der Waals surface area (Å²) in [5.41, 5.74) is 6.12. The topological polar surface area (TPSA) is 108 Å². The molecule has 0 saturated carbocycles. The number of rotatable bonds is 5. The molecule has 0 heterocycles. The van der Waals surface area contributed by atoms with Crippen molar-refractivity contribution in [1.29, 1.82) is 5.26 Å². The van der Waals surface area contributed by atoms with Gasteiger partial charge >= 0.3 is 0 Å². The summed E-state index contributed by atoms with van der Waals surface area (Å²) in [4.78, 5) is 23.5. The largest absolute Gasteiger partial charge is 0.366 e. The maximum absolute atomic E-state index is 12.1. The molecular weight excluding hydrogens is 328 g/mol. The third-order valence-corrected chi connectivity index (χ3v) is 3.38. The molecule has 2 aromatic rings. The SMILES string of the molecule is N#C/C(=C/Nc1ccccc1C(N)=O)C(=O)Nc1ccccc1Cl. The molecule has 0 aliphatic heterocycles. The predicted molar refractivity (Wildman–Crippen MR) is 92.4 cm³/mol. The van der Waals surface area contributed by atoms with Crippen LogP contribution in [0.1, 0.15) is 10.4 Å². The van der Waals surface area contributed by atoms with Gasteiger partial charge in [-0.2, -0.15) is 5.26 Å². The average molecular weight is 341 g/mol. The quantitative estimate of drug-likeness (QED) is 0.574. The smallest absolute Gasteiger partial charge is 0.267 e. The Morgan fingerprint density at radius 2 is 1.71 bits per heavy atom. The molecule has 6 nitrogen and oxygen atoms in total. The third-order valence-electron chi connectivity index (χ3n) is 3.05. The molecule has 0 saturated heterocycles. The fourth-order valence-electron chi connectivity index (χ4n) is 1.87. The van der Waals surface area contributed by atoms with Crippen LogP contribution in [0.3, 0.4) is 0 Å². The van der Waals surface area contributed by atoms with Crippen molar-refractivity contribution in [3.63, 3.8) is 0 Å². The molecule has 0 fully saturated rings. The minimum atomic E-state index is -0.630. The van der Waals surface area contributed by atoms with Gasteiger partial charge in [0.15, 0.2) is 0 Å². The van der Waals surface area contributed by atoms with Crippen molar-refractivity contribution in [2.24, 2.45) is 5.73 Å². The number of benzene rings is 2. The van der Waals surface area contributed by atoms with E-state index in [4.69, 9.17) is 22.6 Å². The molecule has 0 atom stereocenters. The Bertz CT molecular complexity index is 856. The number of hydrogen-bond donors (Lipinski definition) is 3. The van der Waals surface area contributed by atoms with Gasteiger partial charge < -0.3 is 16.4 Å². The number of nitrogens with zero attached hydrogens (tertiary/aromatic N) is 1. The highest BCUT2D eigenvalue weighted by Crippen LogP contribution is 2.21. The number of amides is 2. The van der Waals surface area contributed by atoms with E-state index in [9.17, 15) is 9.59 Å². The Balaban J connectivity index is 2.18. The molecule has 0 radical (unpaired) electrons. The molecule has 7 heteroatoms. The summed E-state index contributed by atoms with van der Waals surface area (Å²) in [7, 11) is 0. The van der Waals surface area contributed by atoms with E-state index in [-0.39, 0.29) is 11.1 Å². The van der Waals surface area contributed by atoms with Crippen molar-refractivity contribution in [3.05, 3.63) is 70.9 Å². The van der Waals surface area contributed by atoms with Gasteiger partial charge in [-0.1, -0.05) is 35.9 Å². The van der Waals surface area contributed by atoms with E-state index in [1.807, 2.05) is 0 Å². The van der Waals surface area contributed by atoms with Crippen LogP contribution < -0.4 is 16.4 Å². The van der Waals surface area contributed by atoms with Gasteiger partial charge in [0.2, 0.25) is 0 Å². The molecule has 0 unspecified atom stereocenters. The van der Waals surface area contributed by atoms with Crippen LogP contribution in [0.15, 0.2) is 60.3 Å². The maximum Gasteiger partial charge on any atom is 0.267 e. The summed E-state index contributed by atoms with van der Waals surface area (Å²) in [6, 6.07) is 14.9. The van der Waals surface area contributed by atoms with Crippen LogP contribution in [0.4, 0.5) is 11.4 Å². The maximum atomic E-state index is 12.1. The van der Waals surface area contributed by atoms with Gasteiger partial charge in [0.05, 0.1) is 22.0 Å². The lowest BCUT2D eigenvalue weighted by Crippen LogP contribution is -2.16. The zero-order chi connectivity index (χ0) is 17.5. The number of primary amides is 1. The van der Waals surface area contributed by atoms with Gasteiger partial charge in [-0.15, -0.1) is 0 Å². The molecule has 0 aromatic heterocycles. The van der Waals surface area contributed by atoms with E-state index in [1.54, 1.807) is 48.5 Å². The number of nitrogens with one attached hydrogen (secondary N) is 2. The van der Waals surface area contributed by atoms with E-state index in [2.05, 4.69) is 10.6 Å². The van der Waals surface area contributed by atoms with E-state index in [0.29, 0.717) is 16.4 Å². The Hall–Kier alpha value is -3.30. The molecule has 0 aliphatic rings. The highest BCUT2D eigenvalue weighted by atomic mass is 35.5. The number of anilines is 2. The minimum absolute atomic E-state index is 0.186. The second-order valence-electron chi connectivity index (χ2n) is 4.66. The summed E-state index contributed by atoms with van der Waals surface area (Å²) >= 11 is 5.96. The Morgan fingerprint density at radius 1 is 1.08 bits per heavy atom. The molecule has 2 aromatic carbocycles. The molecule has 24 heavy (non-hydrogen) atoms. The van der Waals surface area contributed by atoms with Gasteiger partial charge in [0, 0.05) is 6.20 Å². The molecule has 4 N–H and O–H groups in total. The Labute approximate surface area is 143 Å². The number of carbonyl (C=O) groups is 2. The molecule has 2 rings (SSSR count). The average Bonchev–Trinajstić information content (AvgIpc) is 2.57. The summed E-state index contributed by atoms with van der Waals surface area (Å²) in [6.07, 6.45) is 1.20. The first-order valence-electron chi connectivity index (χ1n) is 6.84. The second kappa shape index (κ2) is 7.81. The van der Waals surface area contributed by atoms with Crippen LogP contribution in [0.25, 0.3) is 0 Å². The van der Waals surface area contributed by atoms with E-state index >= 15 is 0 Å². The van der Waals surface area contributed by atoms with E-state index in [1.165, 1.54) is 12.3 Å². The zero-order valence-electron chi connectivity index (χ0n) is 12.4. The molecule has 0 spiro atoms. The lowest BCUT2D eigenvalue weighted by molar-refractivity contribution is -0.112. The molecule has 2 amide bonds. The summed E-state index contributed by atoms with van der Waals surface area (Å²) in [6.45, 7) is 0. The number of hydrogen-bond acceptors (Lipinski definition) is 4. The molecule has 0 bridgehead atoms. The zero-order valence-corrected chi connectivity index (χ0v) is 13.2. The first-order chi connectivity index (χ1) is 11.5. The minimum Gasteiger partial charge on any atom is -0.366 e. The van der Waals surface area contributed by atoms with Gasteiger partial charge in [-0.25, -0.2) is 0 Å². The lowest BCUT2D eigenvalue weighted by Gasteiger charge is -2.08. The highest BCUT2D eigenvalue weighted by Gasteiger charge is 2.12. The fraction of sp³-hybridized carbons (Fsp3) is 0. The normalized spacial score (nSPS) is 10.6. The van der Waals surface area contributed by atoms with Crippen LogP contribution in [0, 0.1) is 11.3 Å². The van der Waals surface area contributed by atoms with Crippen molar-refractivity contribution < 1.29 is 9.59 Å². The molecular formula is C17H13ClN4O2. The lowest BCUT2D eigenvalue weighted by atomic mass is 10.1. The van der Waals surface area contributed by atoms with Gasteiger partial charge in [0.1, 0.15) is 11.6 Å². The first-order valence-corrected chi connectivity index (χ1v) is 7.22. The van der Waals surface area contributed by atoms with Crippen LogP contribution in [-0.4, -0.2) is 11.8 Å². The fourth-order valence-corrected chi connectivity index (χ4v) is 2.06. The van der Waals surface area contributed by atoms with Crippen LogP contribution in [-0.2, 0) is 4.79 Å². The number of halogens is 1. The van der Waals surface area contributed by atoms with Crippen LogP contribution in [0.2, 0.25) is 5.02 Å². The van der Waals surface area contributed by atoms with Crippen molar-refractivity contribution >= 4 is 34.8 Å². The molecule has 120 valence electrons. The first kappa shape index (κ1) is 17.1. The number of carbonyl (C=O) groups excluding carboxylic acids is 2. The van der Waals surface area contributed by atoms with E-state index < -0.39 is 11.8 Å². The van der Waals surface area contributed by atoms with Crippen molar-refractivity contribution in [2.45, 2.75) is 0 Å². The molecule has 0 aliphatic carbocycles. The van der Waals surface area contributed by atoms with Crippen LogP contribution >= 0.6 is 11.6 Å².